The van der Waals surface area contributed by atoms with Crippen molar-refractivity contribution in [3.8, 4) is 11.8 Å². The van der Waals surface area contributed by atoms with Crippen molar-refractivity contribution in [2.45, 2.75) is 57.2 Å². The van der Waals surface area contributed by atoms with E-state index in [1.54, 1.807) is 0 Å². The Kier molecular flexibility index (Phi) is 2.11. The van der Waals surface area contributed by atoms with E-state index in [0.29, 0.717) is 6.10 Å². The average Bonchev–Trinajstić information content (AvgIpc) is 2.64. The number of fused-ring (bicyclic) bond motifs is 1. The molecule has 1 heterocycles. The third-order valence-corrected chi connectivity index (χ3v) is 2.79. The molecule has 2 atom stereocenters. The van der Waals surface area contributed by atoms with Crippen LogP contribution in [0.25, 0.3) is 0 Å². The van der Waals surface area contributed by atoms with Gasteiger partial charge in [-0.15, -0.1) is 5.92 Å². The topological polar surface area (TPSA) is 12.5 Å². The zero-order valence-corrected chi connectivity index (χ0v) is 7.73. The summed E-state index contributed by atoms with van der Waals surface area (Å²) in [5.74, 6) is 6.53. The summed E-state index contributed by atoms with van der Waals surface area (Å²) in [7, 11) is 0. The summed E-state index contributed by atoms with van der Waals surface area (Å²) in [6.07, 6.45) is 7.76. The first-order chi connectivity index (χ1) is 5.87. The smallest absolute Gasteiger partial charge is 0.155 e. The summed E-state index contributed by atoms with van der Waals surface area (Å²) in [4.78, 5) is 0. The minimum atomic E-state index is 0.0493. The van der Waals surface area contributed by atoms with Gasteiger partial charge in [0, 0.05) is 6.42 Å². The van der Waals surface area contributed by atoms with Crippen LogP contribution >= 0.6 is 0 Å². The minimum Gasteiger partial charge on any atom is -0.352 e. The summed E-state index contributed by atoms with van der Waals surface area (Å²) in [6, 6.07) is 0. The third-order valence-electron chi connectivity index (χ3n) is 2.79. The molecular weight excluding hydrogens is 148 g/mol. The zero-order chi connectivity index (χ0) is 8.44. The largest absolute Gasteiger partial charge is 0.352 e. The van der Waals surface area contributed by atoms with Gasteiger partial charge in [-0.25, -0.2) is 0 Å². The Morgan fingerprint density at radius 1 is 1.58 bits per heavy atom. The zero-order valence-electron chi connectivity index (χ0n) is 7.73. The van der Waals surface area contributed by atoms with E-state index in [1.165, 1.54) is 32.1 Å². The molecule has 2 unspecified atom stereocenters. The monoisotopic (exact) mass is 164 g/mol. The summed E-state index contributed by atoms with van der Waals surface area (Å²) in [5, 5.41) is 0. The highest BCUT2D eigenvalue weighted by Crippen LogP contribution is 2.49. The van der Waals surface area contributed by atoms with Gasteiger partial charge >= 0.3 is 0 Å². The fraction of sp³-hybridized carbons (Fsp3) is 0.818. The van der Waals surface area contributed by atoms with Crippen LogP contribution < -0.4 is 0 Å². The van der Waals surface area contributed by atoms with Gasteiger partial charge in [0.2, 0.25) is 0 Å². The number of hydrogen-bond acceptors (Lipinski definition) is 1. The van der Waals surface area contributed by atoms with E-state index in [9.17, 15) is 0 Å². The van der Waals surface area contributed by atoms with Gasteiger partial charge in [0.1, 0.15) is 0 Å². The molecule has 12 heavy (non-hydrogen) atoms. The fourth-order valence-electron chi connectivity index (χ4n) is 1.93. The van der Waals surface area contributed by atoms with Crippen molar-refractivity contribution in [3.05, 3.63) is 0 Å². The Morgan fingerprint density at radius 3 is 3.08 bits per heavy atom. The Labute approximate surface area is 74.5 Å². The van der Waals surface area contributed by atoms with Gasteiger partial charge in [-0.3, -0.25) is 0 Å². The predicted octanol–water partition coefficient (Wildman–Crippen LogP) is 2.50. The van der Waals surface area contributed by atoms with Crippen molar-refractivity contribution < 1.29 is 4.74 Å². The van der Waals surface area contributed by atoms with Crippen molar-refractivity contribution in [3.63, 3.8) is 0 Å². The lowest BCUT2D eigenvalue weighted by atomic mass is 10.1. The first-order valence-electron chi connectivity index (χ1n) is 5.05. The number of unbranched alkanes of at least 4 members (excludes halogenated alkanes) is 2. The van der Waals surface area contributed by atoms with Crippen molar-refractivity contribution >= 4 is 0 Å². The minimum absolute atomic E-state index is 0.0493. The molecule has 0 aromatic carbocycles. The van der Waals surface area contributed by atoms with Crippen molar-refractivity contribution in [1.29, 1.82) is 0 Å². The molecule has 0 spiro atoms. The molecule has 66 valence electrons. The van der Waals surface area contributed by atoms with Gasteiger partial charge < -0.3 is 4.74 Å². The maximum Gasteiger partial charge on any atom is 0.155 e. The van der Waals surface area contributed by atoms with E-state index in [0.717, 1.165) is 6.42 Å². The summed E-state index contributed by atoms with van der Waals surface area (Å²) < 4.78 is 5.55. The van der Waals surface area contributed by atoms with Crippen LogP contribution in [0.15, 0.2) is 0 Å². The number of hydrogen-bond donors (Lipinski definition) is 0. The van der Waals surface area contributed by atoms with Crippen LogP contribution in [0.4, 0.5) is 0 Å². The molecule has 1 nitrogen and oxygen atoms in total. The fourth-order valence-corrected chi connectivity index (χ4v) is 1.93. The van der Waals surface area contributed by atoms with E-state index < -0.39 is 0 Å². The van der Waals surface area contributed by atoms with E-state index in [2.05, 4.69) is 18.8 Å². The van der Waals surface area contributed by atoms with Crippen LogP contribution in [0, 0.1) is 11.8 Å². The molecule has 2 fully saturated rings. The Balaban J connectivity index is 1.81. The van der Waals surface area contributed by atoms with Crippen LogP contribution in [0.1, 0.15) is 45.4 Å². The molecule has 1 aliphatic heterocycles. The quantitative estimate of drug-likeness (QED) is 0.347. The molecule has 2 aliphatic rings. The van der Waals surface area contributed by atoms with Crippen LogP contribution in [0.3, 0.4) is 0 Å². The molecule has 1 aliphatic carbocycles. The second kappa shape index (κ2) is 3.11. The van der Waals surface area contributed by atoms with Gasteiger partial charge in [-0.1, -0.05) is 19.3 Å². The molecule has 1 saturated heterocycles. The van der Waals surface area contributed by atoms with E-state index in [1.807, 2.05) is 0 Å². The first-order valence-corrected chi connectivity index (χ1v) is 5.05. The van der Waals surface area contributed by atoms with Gasteiger partial charge in [0.25, 0.3) is 0 Å². The lowest BCUT2D eigenvalue weighted by molar-refractivity contribution is 0.289. The predicted molar refractivity (Wildman–Crippen MR) is 48.8 cm³/mol. The normalized spacial score (nSPS) is 36.9. The van der Waals surface area contributed by atoms with Crippen LogP contribution in [-0.4, -0.2) is 11.7 Å². The van der Waals surface area contributed by atoms with Crippen LogP contribution in [-0.2, 0) is 4.74 Å². The SMILES string of the molecule is CCCCC#CC12CCCC1O2. The molecule has 0 radical (unpaired) electrons. The highest BCUT2D eigenvalue weighted by atomic mass is 16.6. The van der Waals surface area contributed by atoms with E-state index >= 15 is 0 Å². The summed E-state index contributed by atoms with van der Waals surface area (Å²) in [5.41, 5.74) is 0.0493. The molecule has 0 N–H and O–H groups in total. The molecule has 1 saturated carbocycles. The highest BCUT2D eigenvalue weighted by molar-refractivity contribution is 5.27. The maximum atomic E-state index is 5.55. The molecule has 0 aromatic rings. The molecule has 1 heteroatoms. The lowest BCUT2D eigenvalue weighted by Gasteiger charge is -1.95. The van der Waals surface area contributed by atoms with Crippen molar-refractivity contribution in [1.82, 2.24) is 0 Å². The number of epoxide rings is 1. The Morgan fingerprint density at radius 2 is 2.50 bits per heavy atom. The second-order valence-electron chi connectivity index (χ2n) is 3.79. The third kappa shape index (κ3) is 1.36. The molecule has 0 amide bonds. The number of ether oxygens (including phenoxy) is 1. The summed E-state index contributed by atoms with van der Waals surface area (Å²) >= 11 is 0. The van der Waals surface area contributed by atoms with E-state index in [4.69, 9.17) is 4.74 Å². The lowest BCUT2D eigenvalue weighted by Crippen LogP contribution is -2.04. The van der Waals surface area contributed by atoms with Gasteiger partial charge in [0.05, 0.1) is 6.10 Å². The van der Waals surface area contributed by atoms with Crippen molar-refractivity contribution in [2.24, 2.45) is 0 Å². The Hall–Kier alpha value is -0.480. The van der Waals surface area contributed by atoms with Crippen LogP contribution in [0.5, 0.6) is 0 Å². The first kappa shape index (κ1) is 8.13. The van der Waals surface area contributed by atoms with Crippen molar-refractivity contribution in [2.75, 3.05) is 0 Å². The number of rotatable bonds is 2. The van der Waals surface area contributed by atoms with Gasteiger partial charge in [-0.05, 0) is 25.7 Å². The molecule has 0 bridgehead atoms. The summed E-state index contributed by atoms with van der Waals surface area (Å²) in [6.45, 7) is 2.20. The Bertz CT molecular complexity index is 223. The van der Waals surface area contributed by atoms with Gasteiger partial charge in [0.15, 0.2) is 5.60 Å². The van der Waals surface area contributed by atoms with Crippen LogP contribution in [0.2, 0.25) is 0 Å². The average molecular weight is 164 g/mol. The molecule has 2 rings (SSSR count). The highest BCUT2D eigenvalue weighted by Gasteiger charge is 2.58. The molecular formula is C11H16O. The van der Waals surface area contributed by atoms with E-state index in [-0.39, 0.29) is 5.60 Å². The molecule has 0 aromatic heterocycles. The second-order valence-corrected chi connectivity index (χ2v) is 3.79. The standard InChI is InChI=1S/C11H16O/c1-2-3-4-5-8-11-9-6-7-10(11)12-11/h10H,2-4,6-7,9H2,1H3. The van der Waals surface area contributed by atoms with Gasteiger partial charge in [-0.2, -0.15) is 0 Å². The maximum absolute atomic E-state index is 5.55.